The molecule has 0 aliphatic rings. The highest BCUT2D eigenvalue weighted by Crippen LogP contribution is 2.24. The second-order valence-electron chi connectivity index (χ2n) is 4.59. The summed E-state index contributed by atoms with van der Waals surface area (Å²) in [7, 11) is 0. The van der Waals surface area contributed by atoms with E-state index in [1.165, 1.54) is 6.92 Å². The van der Waals surface area contributed by atoms with Crippen LogP contribution in [0.5, 0.6) is 0 Å². The molecule has 1 unspecified atom stereocenters. The Morgan fingerprint density at radius 1 is 1.40 bits per heavy atom. The maximum absolute atomic E-state index is 11.4. The van der Waals surface area contributed by atoms with Gasteiger partial charge in [-0.1, -0.05) is 25.2 Å². The summed E-state index contributed by atoms with van der Waals surface area (Å²) in [4.78, 5) is 28.9. The predicted molar refractivity (Wildman–Crippen MR) is 80.0 cm³/mol. The Morgan fingerprint density at radius 3 is 2.40 bits per heavy atom. The van der Waals surface area contributed by atoms with Crippen molar-refractivity contribution in [3.63, 3.8) is 0 Å². The highest BCUT2D eigenvalue weighted by molar-refractivity contribution is 7.17. The standard InChI is InChI=1S/C13H21N3O3S/c1-5-16(6-2)7-8(3)14-13-15-10(12(18)19)11(20-13)9(4)17/h8H,5-7H2,1-4H3,(H,14,15)(H,18,19). The van der Waals surface area contributed by atoms with E-state index in [4.69, 9.17) is 5.11 Å². The fourth-order valence-electron chi connectivity index (χ4n) is 1.89. The van der Waals surface area contributed by atoms with Gasteiger partial charge in [-0.2, -0.15) is 0 Å². The smallest absolute Gasteiger partial charge is 0.356 e. The van der Waals surface area contributed by atoms with E-state index in [0.29, 0.717) is 5.13 Å². The number of nitrogens with one attached hydrogen (secondary N) is 1. The normalized spacial score (nSPS) is 12.4. The molecule has 1 aromatic rings. The molecule has 1 heterocycles. The summed E-state index contributed by atoms with van der Waals surface area (Å²) in [5.74, 6) is -1.44. The Morgan fingerprint density at radius 2 is 2.00 bits per heavy atom. The summed E-state index contributed by atoms with van der Waals surface area (Å²) in [6.07, 6.45) is 0. The molecule has 0 bridgehead atoms. The monoisotopic (exact) mass is 299 g/mol. The van der Waals surface area contributed by atoms with Crippen LogP contribution in [0.25, 0.3) is 0 Å². The topological polar surface area (TPSA) is 82.5 Å². The number of rotatable bonds is 8. The summed E-state index contributed by atoms with van der Waals surface area (Å²) in [6, 6.07) is 0.127. The Hall–Kier alpha value is -1.47. The number of hydrogen-bond acceptors (Lipinski definition) is 6. The summed E-state index contributed by atoms with van der Waals surface area (Å²) in [5.41, 5.74) is -0.167. The molecule has 20 heavy (non-hydrogen) atoms. The van der Waals surface area contributed by atoms with Crippen molar-refractivity contribution in [2.45, 2.75) is 33.7 Å². The number of carbonyl (C=O) groups is 2. The minimum absolute atomic E-state index is 0.127. The van der Waals surface area contributed by atoms with Crippen molar-refractivity contribution < 1.29 is 14.7 Å². The van der Waals surface area contributed by atoms with Crippen molar-refractivity contribution >= 4 is 28.2 Å². The van der Waals surface area contributed by atoms with E-state index in [0.717, 1.165) is 31.0 Å². The van der Waals surface area contributed by atoms with Gasteiger partial charge < -0.3 is 15.3 Å². The zero-order chi connectivity index (χ0) is 15.3. The van der Waals surface area contributed by atoms with Gasteiger partial charge in [0.15, 0.2) is 16.6 Å². The highest BCUT2D eigenvalue weighted by Gasteiger charge is 2.21. The van der Waals surface area contributed by atoms with E-state index in [-0.39, 0.29) is 22.4 Å². The lowest BCUT2D eigenvalue weighted by Gasteiger charge is -2.23. The summed E-state index contributed by atoms with van der Waals surface area (Å²) < 4.78 is 0. The average molecular weight is 299 g/mol. The summed E-state index contributed by atoms with van der Waals surface area (Å²) >= 11 is 1.10. The van der Waals surface area contributed by atoms with Gasteiger partial charge in [0.1, 0.15) is 4.88 Å². The maximum Gasteiger partial charge on any atom is 0.356 e. The molecule has 7 heteroatoms. The first-order valence-electron chi connectivity index (χ1n) is 6.62. The molecule has 0 saturated heterocycles. The van der Waals surface area contributed by atoms with Gasteiger partial charge >= 0.3 is 5.97 Å². The molecule has 6 nitrogen and oxygen atoms in total. The number of nitrogens with zero attached hydrogens (tertiary/aromatic N) is 2. The van der Waals surface area contributed by atoms with Crippen LogP contribution in [-0.2, 0) is 0 Å². The number of carbonyl (C=O) groups excluding carboxylic acids is 1. The van der Waals surface area contributed by atoms with Crippen LogP contribution in [0.2, 0.25) is 0 Å². The maximum atomic E-state index is 11.4. The Balaban J connectivity index is 2.80. The van der Waals surface area contributed by atoms with Crippen LogP contribution in [0.4, 0.5) is 5.13 Å². The molecule has 1 aromatic heterocycles. The third kappa shape index (κ3) is 4.28. The van der Waals surface area contributed by atoms with Crippen molar-refractivity contribution in [2.75, 3.05) is 25.0 Å². The van der Waals surface area contributed by atoms with Crippen molar-refractivity contribution in [1.29, 1.82) is 0 Å². The molecule has 0 aliphatic heterocycles. The van der Waals surface area contributed by atoms with Gasteiger partial charge in [0.2, 0.25) is 0 Å². The van der Waals surface area contributed by atoms with Gasteiger partial charge in [-0.05, 0) is 20.0 Å². The number of aromatic nitrogens is 1. The SMILES string of the molecule is CCN(CC)CC(C)Nc1nc(C(=O)O)c(C(C)=O)s1. The first-order chi connectivity index (χ1) is 9.38. The van der Waals surface area contributed by atoms with Crippen molar-refractivity contribution in [1.82, 2.24) is 9.88 Å². The first-order valence-corrected chi connectivity index (χ1v) is 7.44. The van der Waals surface area contributed by atoms with Gasteiger partial charge in [-0.25, -0.2) is 9.78 Å². The van der Waals surface area contributed by atoms with Crippen LogP contribution in [0.3, 0.4) is 0 Å². The molecule has 0 amide bonds. The zero-order valence-corrected chi connectivity index (χ0v) is 13.1. The van der Waals surface area contributed by atoms with Crippen molar-refractivity contribution in [3.05, 3.63) is 10.6 Å². The largest absolute Gasteiger partial charge is 0.476 e. The molecule has 0 radical (unpaired) electrons. The number of ketones is 1. The fraction of sp³-hybridized carbons (Fsp3) is 0.615. The molecule has 1 atom stereocenters. The Bertz CT molecular complexity index is 452. The number of carboxylic acid groups (broad SMARTS) is 1. The fourth-order valence-corrected chi connectivity index (χ4v) is 2.85. The molecule has 0 spiro atoms. The lowest BCUT2D eigenvalue weighted by atomic mass is 10.3. The molecule has 112 valence electrons. The van der Waals surface area contributed by atoms with Crippen LogP contribution < -0.4 is 5.32 Å². The van der Waals surface area contributed by atoms with Gasteiger partial charge in [0, 0.05) is 19.5 Å². The van der Waals surface area contributed by atoms with Crippen LogP contribution in [0, 0.1) is 0 Å². The molecule has 2 N–H and O–H groups in total. The van der Waals surface area contributed by atoms with Crippen LogP contribution in [-0.4, -0.2) is 52.4 Å². The van der Waals surface area contributed by atoms with Gasteiger partial charge in [-0.3, -0.25) is 4.79 Å². The number of hydrogen-bond donors (Lipinski definition) is 2. The lowest BCUT2D eigenvalue weighted by molar-refractivity contribution is 0.0687. The quantitative estimate of drug-likeness (QED) is 0.716. The van der Waals surface area contributed by atoms with E-state index in [9.17, 15) is 9.59 Å². The van der Waals surface area contributed by atoms with E-state index in [1.54, 1.807) is 0 Å². The van der Waals surface area contributed by atoms with Crippen LogP contribution >= 0.6 is 11.3 Å². The van der Waals surface area contributed by atoms with E-state index in [1.807, 2.05) is 6.92 Å². The summed E-state index contributed by atoms with van der Waals surface area (Å²) in [6.45, 7) is 10.3. The molecule has 0 aliphatic carbocycles. The molecule has 1 rings (SSSR count). The van der Waals surface area contributed by atoms with E-state index < -0.39 is 5.97 Å². The second kappa shape index (κ2) is 7.35. The van der Waals surface area contributed by atoms with Crippen LogP contribution in [0.15, 0.2) is 0 Å². The molecular weight excluding hydrogens is 278 g/mol. The first kappa shape index (κ1) is 16.6. The van der Waals surface area contributed by atoms with Crippen molar-refractivity contribution in [2.24, 2.45) is 0 Å². The molecule has 0 saturated carbocycles. The number of anilines is 1. The number of carboxylic acids is 1. The predicted octanol–water partition coefficient (Wildman–Crippen LogP) is 2.19. The lowest BCUT2D eigenvalue weighted by Crippen LogP contribution is -2.34. The third-order valence-corrected chi connectivity index (χ3v) is 4.03. The Labute approximate surface area is 122 Å². The Kier molecular flexibility index (Phi) is 6.09. The molecular formula is C13H21N3O3S. The third-order valence-electron chi connectivity index (χ3n) is 2.95. The average Bonchev–Trinajstić information content (AvgIpc) is 2.80. The molecule has 0 aromatic carbocycles. The van der Waals surface area contributed by atoms with E-state index in [2.05, 4.69) is 29.0 Å². The number of aromatic carboxylic acids is 1. The van der Waals surface area contributed by atoms with Gasteiger partial charge in [-0.15, -0.1) is 0 Å². The molecule has 0 fully saturated rings. The minimum Gasteiger partial charge on any atom is -0.476 e. The van der Waals surface area contributed by atoms with Gasteiger partial charge in [0.05, 0.1) is 0 Å². The van der Waals surface area contributed by atoms with Crippen LogP contribution in [0.1, 0.15) is 47.9 Å². The second-order valence-corrected chi connectivity index (χ2v) is 5.59. The highest BCUT2D eigenvalue weighted by atomic mass is 32.1. The van der Waals surface area contributed by atoms with E-state index >= 15 is 0 Å². The zero-order valence-electron chi connectivity index (χ0n) is 12.3. The summed E-state index contributed by atoms with van der Waals surface area (Å²) in [5, 5.41) is 12.7. The number of thiazole rings is 1. The van der Waals surface area contributed by atoms with Gasteiger partial charge in [0.25, 0.3) is 0 Å². The minimum atomic E-state index is -1.17. The number of Topliss-reactive ketones (excluding diaryl/α,β-unsaturated/α-hetero) is 1. The van der Waals surface area contributed by atoms with Crippen molar-refractivity contribution in [3.8, 4) is 0 Å². The number of likely N-dealkylation sites (N-methyl/N-ethyl adjacent to an activating group) is 1.